The summed E-state index contributed by atoms with van der Waals surface area (Å²) >= 11 is 0. The molecule has 3 heteroatoms. The van der Waals surface area contributed by atoms with Crippen molar-refractivity contribution in [3.8, 4) is 0 Å². The van der Waals surface area contributed by atoms with Gasteiger partial charge in [-0.3, -0.25) is 0 Å². The second-order valence-electron chi connectivity index (χ2n) is 4.40. The molecule has 2 unspecified atom stereocenters. The molecule has 0 aromatic rings. The summed E-state index contributed by atoms with van der Waals surface area (Å²) in [7, 11) is 0. The largest absolute Gasteiger partial charge is 0.394 e. The topological polar surface area (TPSA) is 49.7 Å². The van der Waals surface area contributed by atoms with Gasteiger partial charge in [-0.15, -0.1) is 0 Å². The van der Waals surface area contributed by atoms with Crippen LogP contribution < -0.4 is 0 Å². The fraction of sp³-hybridized carbons (Fsp3) is 1.00. The number of rotatable bonds is 11. The average Bonchev–Trinajstić information content (AvgIpc) is 2.32. The average molecular weight is 232 g/mol. The number of ether oxygens (including phenoxy) is 1. The van der Waals surface area contributed by atoms with Gasteiger partial charge in [-0.2, -0.15) is 0 Å². The van der Waals surface area contributed by atoms with Gasteiger partial charge in [0.1, 0.15) is 6.10 Å². The van der Waals surface area contributed by atoms with E-state index in [0.29, 0.717) is 0 Å². The summed E-state index contributed by atoms with van der Waals surface area (Å²) in [5.74, 6) is 0. The number of aliphatic hydroxyl groups excluding tert-OH is 2. The van der Waals surface area contributed by atoms with Crippen LogP contribution in [-0.4, -0.2) is 35.6 Å². The molecular weight excluding hydrogens is 204 g/mol. The summed E-state index contributed by atoms with van der Waals surface area (Å²) in [6.07, 6.45) is 7.94. The fourth-order valence-electron chi connectivity index (χ4n) is 1.68. The van der Waals surface area contributed by atoms with E-state index in [4.69, 9.17) is 14.9 Å². The van der Waals surface area contributed by atoms with Gasteiger partial charge in [0.05, 0.1) is 19.3 Å². The van der Waals surface area contributed by atoms with E-state index in [1.807, 2.05) is 0 Å². The molecule has 0 bridgehead atoms. The lowest BCUT2D eigenvalue weighted by atomic mass is 10.1. The zero-order valence-electron chi connectivity index (χ0n) is 10.8. The highest BCUT2D eigenvalue weighted by atomic mass is 16.5. The molecule has 0 aromatic carbocycles. The summed E-state index contributed by atoms with van der Waals surface area (Å²) in [6, 6.07) is 0. The number of hydrogen-bond donors (Lipinski definition) is 2. The van der Waals surface area contributed by atoms with Crippen molar-refractivity contribution in [1.29, 1.82) is 0 Å². The maximum absolute atomic E-state index is 9.17. The van der Waals surface area contributed by atoms with Crippen LogP contribution in [0, 0.1) is 0 Å². The summed E-state index contributed by atoms with van der Waals surface area (Å²) in [4.78, 5) is 0. The first-order chi connectivity index (χ1) is 7.74. The molecule has 0 heterocycles. The Balaban J connectivity index is 3.43. The third-order valence-electron chi connectivity index (χ3n) is 2.82. The van der Waals surface area contributed by atoms with Crippen LogP contribution in [0.15, 0.2) is 0 Å². The van der Waals surface area contributed by atoms with Crippen molar-refractivity contribution < 1.29 is 14.9 Å². The van der Waals surface area contributed by atoms with Crippen molar-refractivity contribution in [2.75, 3.05) is 13.2 Å². The second kappa shape index (κ2) is 11.4. The van der Waals surface area contributed by atoms with E-state index in [1.54, 1.807) is 0 Å². The highest BCUT2D eigenvalue weighted by Crippen LogP contribution is 2.12. The van der Waals surface area contributed by atoms with Crippen molar-refractivity contribution in [1.82, 2.24) is 0 Å². The molecule has 2 N–H and O–H groups in total. The molecule has 0 aliphatic rings. The normalized spacial score (nSPS) is 15.0. The first-order valence-corrected chi connectivity index (χ1v) is 6.65. The Bertz CT molecular complexity index is 139. The van der Waals surface area contributed by atoms with Crippen molar-refractivity contribution in [3.05, 3.63) is 0 Å². The van der Waals surface area contributed by atoms with E-state index in [2.05, 4.69) is 13.8 Å². The molecule has 0 aliphatic heterocycles. The van der Waals surface area contributed by atoms with Gasteiger partial charge in [-0.1, -0.05) is 46.0 Å². The standard InChI is InChI=1S/C13H28O3/c1-3-5-6-7-8-9-13(4-2)16-11-12(15)10-14/h12-15H,3-11H2,1-2H3. The van der Waals surface area contributed by atoms with Gasteiger partial charge < -0.3 is 14.9 Å². The molecule has 0 spiro atoms. The van der Waals surface area contributed by atoms with Crippen LogP contribution in [0.2, 0.25) is 0 Å². The monoisotopic (exact) mass is 232 g/mol. The molecule has 0 aliphatic carbocycles. The Hall–Kier alpha value is -0.120. The van der Waals surface area contributed by atoms with Crippen molar-refractivity contribution in [2.45, 2.75) is 71.0 Å². The first-order valence-electron chi connectivity index (χ1n) is 6.65. The molecular formula is C13H28O3. The SMILES string of the molecule is CCCCCCCC(CC)OCC(O)CO. The van der Waals surface area contributed by atoms with E-state index < -0.39 is 6.10 Å². The minimum atomic E-state index is -0.728. The van der Waals surface area contributed by atoms with E-state index in [9.17, 15) is 0 Å². The van der Waals surface area contributed by atoms with Crippen molar-refractivity contribution in [3.63, 3.8) is 0 Å². The van der Waals surface area contributed by atoms with E-state index >= 15 is 0 Å². The summed E-state index contributed by atoms with van der Waals surface area (Å²) < 4.78 is 5.54. The lowest BCUT2D eigenvalue weighted by Crippen LogP contribution is -2.24. The zero-order valence-corrected chi connectivity index (χ0v) is 10.8. The van der Waals surface area contributed by atoms with Gasteiger partial charge in [0, 0.05) is 0 Å². The molecule has 98 valence electrons. The van der Waals surface area contributed by atoms with Crippen LogP contribution in [0.1, 0.15) is 58.8 Å². The van der Waals surface area contributed by atoms with E-state index in [-0.39, 0.29) is 19.3 Å². The predicted octanol–water partition coefficient (Wildman–Crippen LogP) is 2.50. The van der Waals surface area contributed by atoms with Crippen LogP contribution in [0.25, 0.3) is 0 Å². The zero-order chi connectivity index (χ0) is 12.2. The Morgan fingerprint density at radius 1 is 1.06 bits per heavy atom. The third kappa shape index (κ3) is 9.13. The Morgan fingerprint density at radius 2 is 1.75 bits per heavy atom. The van der Waals surface area contributed by atoms with Crippen molar-refractivity contribution >= 4 is 0 Å². The molecule has 2 atom stereocenters. The molecule has 0 amide bonds. The van der Waals surface area contributed by atoms with Gasteiger partial charge in [0.25, 0.3) is 0 Å². The molecule has 0 saturated carbocycles. The fourth-order valence-corrected chi connectivity index (χ4v) is 1.68. The van der Waals surface area contributed by atoms with Gasteiger partial charge in [-0.05, 0) is 12.8 Å². The molecule has 3 nitrogen and oxygen atoms in total. The van der Waals surface area contributed by atoms with Gasteiger partial charge in [0.15, 0.2) is 0 Å². The molecule has 0 rings (SSSR count). The maximum atomic E-state index is 9.17. The highest BCUT2D eigenvalue weighted by molar-refractivity contribution is 4.59. The maximum Gasteiger partial charge on any atom is 0.100 e. The van der Waals surface area contributed by atoms with Crippen LogP contribution in [0.5, 0.6) is 0 Å². The van der Waals surface area contributed by atoms with Crippen LogP contribution in [0.3, 0.4) is 0 Å². The lowest BCUT2D eigenvalue weighted by Gasteiger charge is -2.17. The Labute approximate surface area is 99.8 Å². The number of unbranched alkanes of at least 4 members (excludes halogenated alkanes) is 4. The number of hydrogen-bond acceptors (Lipinski definition) is 3. The molecule has 16 heavy (non-hydrogen) atoms. The molecule has 0 fully saturated rings. The van der Waals surface area contributed by atoms with Crippen LogP contribution in [0.4, 0.5) is 0 Å². The predicted molar refractivity (Wildman–Crippen MR) is 66.5 cm³/mol. The highest BCUT2D eigenvalue weighted by Gasteiger charge is 2.09. The van der Waals surface area contributed by atoms with Crippen molar-refractivity contribution in [2.24, 2.45) is 0 Å². The smallest absolute Gasteiger partial charge is 0.100 e. The van der Waals surface area contributed by atoms with Crippen LogP contribution >= 0.6 is 0 Å². The van der Waals surface area contributed by atoms with Gasteiger partial charge in [-0.25, -0.2) is 0 Å². The molecule has 0 aromatic heterocycles. The van der Waals surface area contributed by atoms with Crippen LogP contribution in [-0.2, 0) is 4.74 Å². The second-order valence-corrected chi connectivity index (χ2v) is 4.40. The summed E-state index contributed by atoms with van der Waals surface area (Å²) in [5, 5.41) is 17.8. The molecule has 0 saturated heterocycles. The van der Waals surface area contributed by atoms with Gasteiger partial charge >= 0.3 is 0 Å². The minimum Gasteiger partial charge on any atom is -0.394 e. The minimum absolute atomic E-state index is 0.215. The summed E-state index contributed by atoms with van der Waals surface area (Å²) in [6.45, 7) is 4.35. The van der Waals surface area contributed by atoms with Gasteiger partial charge in [0.2, 0.25) is 0 Å². The quantitative estimate of drug-likeness (QED) is 0.538. The number of aliphatic hydroxyl groups is 2. The summed E-state index contributed by atoms with van der Waals surface area (Å²) in [5.41, 5.74) is 0. The third-order valence-corrected chi connectivity index (χ3v) is 2.82. The first kappa shape index (κ1) is 15.9. The van der Waals surface area contributed by atoms with E-state index in [1.165, 1.54) is 32.1 Å². The Kier molecular flexibility index (Phi) is 11.3. The Morgan fingerprint density at radius 3 is 2.31 bits per heavy atom. The van der Waals surface area contributed by atoms with E-state index in [0.717, 1.165) is 12.8 Å². The molecule has 0 radical (unpaired) electrons. The lowest BCUT2D eigenvalue weighted by molar-refractivity contribution is -0.0328.